The molecule has 0 heterocycles. The van der Waals surface area contributed by atoms with E-state index in [-0.39, 0.29) is 18.6 Å². The van der Waals surface area contributed by atoms with Crippen molar-refractivity contribution in [3.63, 3.8) is 0 Å². The third kappa shape index (κ3) is 3.76. The maximum atomic E-state index is 11.9. The minimum Gasteiger partial charge on any atom is -0.497 e. The van der Waals surface area contributed by atoms with Crippen molar-refractivity contribution in [2.75, 3.05) is 14.2 Å². The van der Waals surface area contributed by atoms with Gasteiger partial charge in [-0.3, -0.25) is 9.59 Å². The average molecular weight is 252 g/mol. The second-order valence-electron chi connectivity index (χ2n) is 3.74. The standard InChI is InChI=1S/C13H16O5/c1-17-9-6-7-10(12(8-9)18-2)11(14)4-3-5-13(15)16/h6-8H,3-5H2,1-2H3,(H,15,16). The van der Waals surface area contributed by atoms with Crippen molar-refractivity contribution in [3.8, 4) is 11.5 Å². The number of ketones is 1. The van der Waals surface area contributed by atoms with Gasteiger partial charge in [0, 0.05) is 18.9 Å². The summed E-state index contributed by atoms with van der Waals surface area (Å²) in [4.78, 5) is 22.3. The number of ether oxygens (including phenoxy) is 2. The van der Waals surface area contributed by atoms with Crippen molar-refractivity contribution < 1.29 is 24.2 Å². The number of hydrogen-bond acceptors (Lipinski definition) is 4. The molecule has 18 heavy (non-hydrogen) atoms. The Morgan fingerprint density at radius 1 is 1.17 bits per heavy atom. The van der Waals surface area contributed by atoms with Crippen LogP contribution < -0.4 is 9.47 Å². The molecule has 0 amide bonds. The number of methoxy groups -OCH3 is 2. The summed E-state index contributed by atoms with van der Waals surface area (Å²) < 4.78 is 10.2. The lowest BCUT2D eigenvalue weighted by Crippen LogP contribution is -2.04. The van der Waals surface area contributed by atoms with Gasteiger partial charge >= 0.3 is 5.97 Å². The van der Waals surface area contributed by atoms with Crippen molar-refractivity contribution in [3.05, 3.63) is 23.8 Å². The first kappa shape index (κ1) is 14.0. The molecule has 0 saturated carbocycles. The fourth-order valence-corrected chi connectivity index (χ4v) is 1.56. The molecule has 0 aliphatic carbocycles. The van der Waals surface area contributed by atoms with E-state index in [0.29, 0.717) is 23.5 Å². The molecule has 0 radical (unpaired) electrons. The molecule has 0 spiro atoms. The fraction of sp³-hybridized carbons (Fsp3) is 0.385. The topological polar surface area (TPSA) is 72.8 Å². The third-order valence-electron chi connectivity index (χ3n) is 2.50. The summed E-state index contributed by atoms with van der Waals surface area (Å²) in [5.74, 6) is 0.0175. The molecule has 0 aliphatic rings. The van der Waals surface area contributed by atoms with Crippen LogP contribution in [-0.2, 0) is 4.79 Å². The average Bonchev–Trinajstić information content (AvgIpc) is 2.37. The summed E-state index contributed by atoms with van der Waals surface area (Å²) in [5.41, 5.74) is 0.448. The van der Waals surface area contributed by atoms with Crippen molar-refractivity contribution >= 4 is 11.8 Å². The molecule has 0 bridgehead atoms. The van der Waals surface area contributed by atoms with E-state index in [1.165, 1.54) is 14.2 Å². The molecule has 0 saturated heterocycles. The first-order chi connectivity index (χ1) is 8.58. The maximum absolute atomic E-state index is 11.9. The van der Waals surface area contributed by atoms with E-state index in [1.807, 2.05) is 0 Å². The zero-order valence-electron chi connectivity index (χ0n) is 10.4. The molecule has 1 aromatic carbocycles. The Balaban J connectivity index is 2.75. The predicted molar refractivity (Wildman–Crippen MR) is 65.4 cm³/mol. The second-order valence-corrected chi connectivity index (χ2v) is 3.74. The lowest BCUT2D eigenvalue weighted by Gasteiger charge is -2.09. The van der Waals surface area contributed by atoms with E-state index in [4.69, 9.17) is 14.6 Å². The van der Waals surface area contributed by atoms with Crippen molar-refractivity contribution in [1.82, 2.24) is 0 Å². The molecule has 1 rings (SSSR count). The maximum Gasteiger partial charge on any atom is 0.303 e. The third-order valence-corrected chi connectivity index (χ3v) is 2.50. The van der Waals surface area contributed by atoms with Gasteiger partial charge in [0.15, 0.2) is 5.78 Å². The van der Waals surface area contributed by atoms with Crippen LogP contribution in [0.1, 0.15) is 29.6 Å². The molecule has 0 aliphatic heterocycles. The van der Waals surface area contributed by atoms with Gasteiger partial charge in [0.05, 0.1) is 19.8 Å². The summed E-state index contributed by atoms with van der Waals surface area (Å²) in [6, 6.07) is 4.93. The van der Waals surface area contributed by atoms with E-state index in [9.17, 15) is 9.59 Å². The van der Waals surface area contributed by atoms with Crippen molar-refractivity contribution in [1.29, 1.82) is 0 Å². The molecule has 5 nitrogen and oxygen atoms in total. The van der Waals surface area contributed by atoms with Gasteiger partial charge in [-0.2, -0.15) is 0 Å². The van der Waals surface area contributed by atoms with E-state index >= 15 is 0 Å². The lowest BCUT2D eigenvalue weighted by atomic mass is 10.0. The summed E-state index contributed by atoms with van der Waals surface area (Å²) >= 11 is 0. The van der Waals surface area contributed by atoms with E-state index in [2.05, 4.69) is 0 Å². The molecular formula is C13H16O5. The molecule has 98 valence electrons. The van der Waals surface area contributed by atoms with E-state index < -0.39 is 5.97 Å². The first-order valence-electron chi connectivity index (χ1n) is 5.55. The first-order valence-corrected chi connectivity index (χ1v) is 5.55. The van der Waals surface area contributed by atoms with Crippen LogP contribution in [0.3, 0.4) is 0 Å². The van der Waals surface area contributed by atoms with Crippen molar-refractivity contribution in [2.24, 2.45) is 0 Å². The quantitative estimate of drug-likeness (QED) is 0.753. The highest BCUT2D eigenvalue weighted by atomic mass is 16.5. The minimum atomic E-state index is -0.899. The zero-order chi connectivity index (χ0) is 13.5. The lowest BCUT2D eigenvalue weighted by molar-refractivity contribution is -0.137. The van der Waals surface area contributed by atoms with Gasteiger partial charge in [-0.1, -0.05) is 0 Å². The number of aliphatic carboxylic acids is 1. The summed E-state index contributed by atoms with van der Waals surface area (Å²) in [5, 5.41) is 8.51. The molecule has 0 aromatic heterocycles. The van der Waals surface area contributed by atoms with Crippen LogP contribution in [0.5, 0.6) is 11.5 Å². The summed E-state index contributed by atoms with van der Waals surface area (Å²) in [6.07, 6.45) is 0.503. The Labute approximate surface area is 105 Å². The zero-order valence-corrected chi connectivity index (χ0v) is 10.4. The summed E-state index contributed by atoms with van der Waals surface area (Å²) in [6.45, 7) is 0. The molecule has 1 N–H and O–H groups in total. The van der Waals surface area contributed by atoms with E-state index in [0.717, 1.165) is 0 Å². The SMILES string of the molecule is COc1ccc(C(=O)CCCC(=O)O)c(OC)c1. The second kappa shape index (κ2) is 6.64. The molecule has 1 aromatic rings. The number of carboxylic acids is 1. The Hall–Kier alpha value is -2.04. The number of carbonyl (C=O) groups is 2. The summed E-state index contributed by atoms with van der Waals surface area (Å²) in [7, 11) is 3.01. The number of rotatable bonds is 7. The number of carbonyl (C=O) groups excluding carboxylic acids is 1. The highest BCUT2D eigenvalue weighted by molar-refractivity contribution is 5.99. The van der Waals surface area contributed by atoms with Gasteiger partial charge in [0.1, 0.15) is 11.5 Å². The van der Waals surface area contributed by atoms with Gasteiger partial charge in [-0.25, -0.2) is 0 Å². The van der Waals surface area contributed by atoms with Crippen LogP contribution in [0, 0.1) is 0 Å². The minimum absolute atomic E-state index is 0.00971. The number of Topliss-reactive ketones (excluding diaryl/α,β-unsaturated/α-hetero) is 1. The van der Waals surface area contributed by atoms with Gasteiger partial charge in [-0.05, 0) is 18.6 Å². The van der Waals surface area contributed by atoms with Crippen LogP contribution >= 0.6 is 0 Å². The van der Waals surface area contributed by atoms with Crippen LogP contribution in [0.2, 0.25) is 0 Å². The van der Waals surface area contributed by atoms with Crippen LogP contribution in [0.4, 0.5) is 0 Å². The Kier molecular flexibility index (Phi) is 5.17. The van der Waals surface area contributed by atoms with Gasteiger partial charge < -0.3 is 14.6 Å². The molecular weight excluding hydrogens is 236 g/mol. The Morgan fingerprint density at radius 3 is 2.44 bits per heavy atom. The molecule has 0 atom stereocenters. The Bertz CT molecular complexity index is 439. The molecule has 0 unspecified atom stereocenters. The largest absolute Gasteiger partial charge is 0.497 e. The predicted octanol–water partition coefficient (Wildman–Crippen LogP) is 2.14. The van der Waals surface area contributed by atoms with Crippen LogP contribution in [0.25, 0.3) is 0 Å². The normalized spacial score (nSPS) is 9.89. The van der Waals surface area contributed by atoms with Crippen LogP contribution in [0.15, 0.2) is 18.2 Å². The highest BCUT2D eigenvalue weighted by Gasteiger charge is 2.13. The van der Waals surface area contributed by atoms with Gasteiger partial charge in [0.25, 0.3) is 0 Å². The number of benzene rings is 1. The monoisotopic (exact) mass is 252 g/mol. The van der Waals surface area contributed by atoms with E-state index in [1.54, 1.807) is 18.2 Å². The molecule has 5 heteroatoms. The fourth-order valence-electron chi connectivity index (χ4n) is 1.56. The van der Waals surface area contributed by atoms with Crippen molar-refractivity contribution in [2.45, 2.75) is 19.3 Å². The number of carboxylic acid groups (broad SMARTS) is 1. The molecule has 0 fully saturated rings. The number of hydrogen-bond donors (Lipinski definition) is 1. The van der Waals surface area contributed by atoms with Gasteiger partial charge in [0.2, 0.25) is 0 Å². The van der Waals surface area contributed by atoms with Crippen LogP contribution in [-0.4, -0.2) is 31.1 Å². The van der Waals surface area contributed by atoms with Gasteiger partial charge in [-0.15, -0.1) is 0 Å². The highest BCUT2D eigenvalue weighted by Crippen LogP contribution is 2.26. The Morgan fingerprint density at radius 2 is 1.89 bits per heavy atom. The smallest absolute Gasteiger partial charge is 0.303 e.